The predicted octanol–water partition coefficient (Wildman–Crippen LogP) is 1.95. The van der Waals surface area contributed by atoms with Gasteiger partial charge in [0.05, 0.1) is 29.9 Å². The van der Waals surface area contributed by atoms with Crippen molar-refractivity contribution >= 4 is 29.1 Å². The molecule has 0 bridgehead atoms. The van der Waals surface area contributed by atoms with Gasteiger partial charge in [-0.3, -0.25) is 14.5 Å². The molecule has 1 aliphatic heterocycles. The second kappa shape index (κ2) is 9.80. The molecule has 0 atom stereocenters. The number of methoxy groups -OCH3 is 1. The summed E-state index contributed by atoms with van der Waals surface area (Å²) in [4.78, 5) is 31.0. The van der Waals surface area contributed by atoms with Crippen molar-refractivity contribution in [2.75, 3.05) is 58.7 Å². The molecule has 0 unspecified atom stereocenters. The number of carbonyl (C=O) groups is 2. The average molecular weight is 397 g/mol. The lowest BCUT2D eigenvalue weighted by atomic mass is 10.1. The molecule has 1 fully saturated rings. The molecule has 1 aromatic carbocycles. The number of ether oxygens (including phenoxy) is 1. The van der Waals surface area contributed by atoms with Gasteiger partial charge in [0.25, 0.3) is 5.91 Å². The third-order valence-electron chi connectivity index (χ3n) is 4.90. The van der Waals surface area contributed by atoms with Crippen molar-refractivity contribution in [2.45, 2.75) is 20.3 Å². The fourth-order valence-corrected chi connectivity index (χ4v) is 3.44. The summed E-state index contributed by atoms with van der Waals surface area (Å²) in [7, 11) is 1.50. The fraction of sp³-hybridized carbons (Fsp3) is 0.579. The number of carbonyl (C=O) groups excluding carboxylic acids is 2. The van der Waals surface area contributed by atoms with E-state index in [2.05, 4.69) is 4.90 Å². The summed E-state index contributed by atoms with van der Waals surface area (Å²) in [6, 6.07) is 3.13. The first-order chi connectivity index (χ1) is 12.9. The Kier molecular flexibility index (Phi) is 7.74. The van der Waals surface area contributed by atoms with E-state index in [9.17, 15) is 9.59 Å². The minimum absolute atomic E-state index is 0.131. The van der Waals surface area contributed by atoms with Crippen LogP contribution in [0.4, 0.5) is 5.69 Å². The van der Waals surface area contributed by atoms with Gasteiger partial charge in [0.15, 0.2) is 0 Å². The van der Waals surface area contributed by atoms with E-state index in [0.717, 1.165) is 13.0 Å². The normalized spacial score (nSPS) is 15.3. The first-order valence-corrected chi connectivity index (χ1v) is 9.71. The number of amides is 2. The summed E-state index contributed by atoms with van der Waals surface area (Å²) in [5, 5.41) is 0.334. The first kappa shape index (κ1) is 21.3. The molecule has 150 valence electrons. The molecular formula is C19H29ClN4O3. The van der Waals surface area contributed by atoms with Crippen molar-refractivity contribution in [3.63, 3.8) is 0 Å². The number of nitrogen functional groups attached to an aromatic ring is 1. The zero-order chi connectivity index (χ0) is 20.0. The van der Waals surface area contributed by atoms with E-state index in [0.29, 0.717) is 61.3 Å². The number of rotatable bonds is 6. The molecule has 1 heterocycles. The lowest BCUT2D eigenvalue weighted by molar-refractivity contribution is -0.132. The number of nitrogens with two attached hydrogens (primary N) is 1. The van der Waals surface area contributed by atoms with Crippen molar-refractivity contribution < 1.29 is 14.3 Å². The van der Waals surface area contributed by atoms with E-state index in [1.165, 1.54) is 7.11 Å². The molecule has 0 aromatic heterocycles. The van der Waals surface area contributed by atoms with E-state index >= 15 is 0 Å². The highest BCUT2D eigenvalue weighted by Gasteiger charge is 2.25. The molecule has 2 amide bonds. The van der Waals surface area contributed by atoms with Gasteiger partial charge >= 0.3 is 0 Å². The smallest absolute Gasteiger partial charge is 0.257 e. The van der Waals surface area contributed by atoms with Gasteiger partial charge in [0, 0.05) is 45.3 Å². The van der Waals surface area contributed by atoms with E-state index in [1.54, 1.807) is 17.0 Å². The largest absolute Gasteiger partial charge is 0.496 e. The van der Waals surface area contributed by atoms with Crippen LogP contribution in [0.15, 0.2) is 12.1 Å². The summed E-state index contributed by atoms with van der Waals surface area (Å²) in [5.74, 6) is 0.414. The van der Waals surface area contributed by atoms with Crippen LogP contribution in [0, 0.1) is 0 Å². The Morgan fingerprint density at radius 3 is 2.52 bits per heavy atom. The maximum absolute atomic E-state index is 13.0. The van der Waals surface area contributed by atoms with Crippen LogP contribution in [0.1, 0.15) is 30.6 Å². The molecule has 1 saturated heterocycles. The predicted molar refractivity (Wildman–Crippen MR) is 107 cm³/mol. The summed E-state index contributed by atoms with van der Waals surface area (Å²) in [5.41, 5.74) is 6.58. The molecule has 0 aliphatic carbocycles. The monoisotopic (exact) mass is 396 g/mol. The SMILES string of the molecule is CCN(CC)C(=O)CN1CCCN(C(=O)c2cc(Cl)c(N)cc2OC)CC1. The molecule has 8 heteroatoms. The molecule has 0 radical (unpaired) electrons. The number of hydrogen-bond acceptors (Lipinski definition) is 5. The molecule has 7 nitrogen and oxygen atoms in total. The van der Waals surface area contributed by atoms with Crippen LogP contribution in [0.2, 0.25) is 5.02 Å². The number of halogens is 1. The Labute approximate surface area is 166 Å². The van der Waals surface area contributed by atoms with Gasteiger partial charge in [-0.05, 0) is 26.3 Å². The van der Waals surface area contributed by atoms with Crippen LogP contribution in [-0.2, 0) is 4.79 Å². The minimum Gasteiger partial charge on any atom is -0.496 e. The zero-order valence-electron chi connectivity index (χ0n) is 16.3. The molecule has 1 aromatic rings. The second-order valence-electron chi connectivity index (χ2n) is 6.56. The Balaban J connectivity index is 2.05. The van der Waals surface area contributed by atoms with Crippen LogP contribution >= 0.6 is 11.6 Å². The highest BCUT2D eigenvalue weighted by molar-refractivity contribution is 6.33. The topological polar surface area (TPSA) is 79.1 Å². The summed E-state index contributed by atoms with van der Waals surface area (Å²) >= 11 is 6.09. The van der Waals surface area contributed by atoms with Gasteiger partial charge in [0.1, 0.15) is 5.75 Å². The van der Waals surface area contributed by atoms with Crippen molar-refractivity contribution in [1.82, 2.24) is 14.7 Å². The number of hydrogen-bond donors (Lipinski definition) is 1. The van der Waals surface area contributed by atoms with Crippen molar-refractivity contribution in [1.29, 1.82) is 0 Å². The number of anilines is 1. The third-order valence-corrected chi connectivity index (χ3v) is 5.23. The van der Waals surface area contributed by atoms with Gasteiger partial charge in [0.2, 0.25) is 5.91 Å². The van der Waals surface area contributed by atoms with Crippen LogP contribution in [0.25, 0.3) is 0 Å². The lowest BCUT2D eigenvalue weighted by Gasteiger charge is -2.25. The van der Waals surface area contributed by atoms with Crippen molar-refractivity contribution in [2.24, 2.45) is 0 Å². The molecular weight excluding hydrogens is 368 g/mol. The Bertz CT molecular complexity index is 679. The van der Waals surface area contributed by atoms with Crippen LogP contribution in [0.3, 0.4) is 0 Å². The van der Waals surface area contributed by atoms with Crippen molar-refractivity contribution in [3.05, 3.63) is 22.7 Å². The highest BCUT2D eigenvalue weighted by atomic mass is 35.5. The van der Waals surface area contributed by atoms with Crippen LogP contribution in [0.5, 0.6) is 5.75 Å². The maximum Gasteiger partial charge on any atom is 0.257 e. The number of nitrogens with zero attached hydrogens (tertiary/aromatic N) is 3. The standard InChI is InChI=1S/C19H29ClN4O3/c1-4-23(5-2)18(25)13-22-7-6-8-24(10-9-22)19(26)14-11-15(20)16(21)12-17(14)27-3/h11-12H,4-10,13,21H2,1-3H3. The molecule has 0 saturated carbocycles. The molecule has 27 heavy (non-hydrogen) atoms. The van der Waals surface area contributed by atoms with Gasteiger partial charge in [-0.1, -0.05) is 11.6 Å². The van der Waals surface area contributed by atoms with E-state index in [-0.39, 0.29) is 11.8 Å². The van der Waals surface area contributed by atoms with Crippen LogP contribution in [-0.4, -0.2) is 79.4 Å². The van der Waals surface area contributed by atoms with E-state index in [1.807, 2.05) is 18.7 Å². The number of benzene rings is 1. The first-order valence-electron chi connectivity index (χ1n) is 9.33. The third kappa shape index (κ3) is 5.26. The summed E-state index contributed by atoms with van der Waals surface area (Å²) in [6.07, 6.45) is 0.808. The van der Waals surface area contributed by atoms with Crippen LogP contribution < -0.4 is 10.5 Å². The second-order valence-corrected chi connectivity index (χ2v) is 6.97. The summed E-state index contributed by atoms with van der Waals surface area (Å²) in [6.45, 7) is 8.40. The van der Waals surface area contributed by atoms with Gasteiger partial charge in [-0.25, -0.2) is 0 Å². The minimum atomic E-state index is -0.134. The molecule has 2 rings (SSSR count). The number of likely N-dealkylation sites (N-methyl/N-ethyl adjacent to an activating group) is 1. The Morgan fingerprint density at radius 1 is 1.19 bits per heavy atom. The van der Waals surface area contributed by atoms with Gasteiger partial charge in [-0.15, -0.1) is 0 Å². The Hall–Kier alpha value is -1.99. The molecule has 2 N–H and O–H groups in total. The zero-order valence-corrected chi connectivity index (χ0v) is 17.1. The molecule has 1 aliphatic rings. The Morgan fingerprint density at radius 2 is 1.89 bits per heavy atom. The van der Waals surface area contributed by atoms with E-state index < -0.39 is 0 Å². The quantitative estimate of drug-likeness (QED) is 0.743. The summed E-state index contributed by atoms with van der Waals surface area (Å²) < 4.78 is 5.30. The highest BCUT2D eigenvalue weighted by Crippen LogP contribution is 2.30. The maximum atomic E-state index is 13.0. The van der Waals surface area contributed by atoms with Gasteiger partial charge < -0.3 is 20.3 Å². The average Bonchev–Trinajstić information content (AvgIpc) is 2.89. The van der Waals surface area contributed by atoms with E-state index in [4.69, 9.17) is 22.1 Å². The fourth-order valence-electron chi connectivity index (χ4n) is 3.28. The van der Waals surface area contributed by atoms with Crippen molar-refractivity contribution in [3.8, 4) is 5.75 Å². The van der Waals surface area contributed by atoms with Gasteiger partial charge in [-0.2, -0.15) is 0 Å². The molecule has 0 spiro atoms. The lowest BCUT2D eigenvalue weighted by Crippen LogP contribution is -2.42.